The van der Waals surface area contributed by atoms with Gasteiger partial charge < -0.3 is 5.11 Å². The summed E-state index contributed by atoms with van der Waals surface area (Å²) in [6.07, 6.45) is 2.99. The Kier molecular flexibility index (Phi) is 3.55. The molecule has 110 valence electrons. The highest BCUT2D eigenvalue weighted by atomic mass is 35.5. The second-order valence-corrected chi connectivity index (χ2v) is 7.14. The molecule has 0 saturated heterocycles. The molecule has 21 heavy (non-hydrogen) atoms. The summed E-state index contributed by atoms with van der Waals surface area (Å²) < 4.78 is 27.3. The van der Waals surface area contributed by atoms with Gasteiger partial charge in [-0.05, 0) is 54.7 Å². The highest BCUT2D eigenvalue weighted by Gasteiger charge is 2.19. The summed E-state index contributed by atoms with van der Waals surface area (Å²) in [5.74, 6) is -0.0134. The summed E-state index contributed by atoms with van der Waals surface area (Å²) in [4.78, 5) is 0.229. The largest absolute Gasteiger partial charge is 0.508 e. The van der Waals surface area contributed by atoms with Crippen LogP contribution in [0.1, 0.15) is 17.5 Å². The second-order valence-electron chi connectivity index (χ2n) is 5.05. The number of benzene rings is 2. The average Bonchev–Trinajstić information content (AvgIpc) is 2.89. The van der Waals surface area contributed by atoms with Crippen LogP contribution >= 0.6 is 11.6 Å². The van der Waals surface area contributed by atoms with Gasteiger partial charge in [0.25, 0.3) is 10.0 Å². The van der Waals surface area contributed by atoms with Crippen LogP contribution in [0.3, 0.4) is 0 Å². The third kappa shape index (κ3) is 2.84. The van der Waals surface area contributed by atoms with Gasteiger partial charge in [-0.2, -0.15) is 0 Å². The monoisotopic (exact) mass is 323 g/mol. The Bertz CT molecular complexity index is 803. The molecule has 1 aliphatic rings. The van der Waals surface area contributed by atoms with Crippen LogP contribution in [0.2, 0.25) is 5.02 Å². The summed E-state index contributed by atoms with van der Waals surface area (Å²) in [5.41, 5.74) is 2.56. The number of phenolic OH excluding ortho intramolecular Hbond substituents is 1. The van der Waals surface area contributed by atoms with E-state index in [4.69, 9.17) is 11.6 Å². The van der Waals surface area contributed by atoms with Gasteiger partial charge in [0.1, 0.15) is 5.75 Å². The Labute approximate surface area is 128 Å². The number of anilines is 1. The molecular weight excluding hydrogens is 310 g/mol. The Hall–Kier alpha value is -1.72. The van der Waals surface area contributed by atoms with Crippen LogP contribution in [0.5, 0.6) is 5.75 Å². The van der Waals surface area contributed by atoms with Crippen molar-refractivity contribution in [3.63, 3.8) is 0 Å². The standard InChI is InChI=1S/C15H14ClNO3S/c16-14-9-12(18)5-7-15(14)17-21(19,20)13-6-4-10-2-1-3-11(10)8-13/h4-9,17-18H,1-3H2. The number of fused-ring (bicyclic) bond motifs is 1. The molecule has 0 spiro atoms. The molecule has 2 aromatic carbocycles. The number of hydrogen-bond donors (Lipinski definition) is 2. The molecule has 0 bridgehead atoms. The molecule has 0 fully saturated rings. The minimum absolute atomic E-state index is 0.0134. The van der Waals surface area contributed by atoms with Gasteiger partial charge in [0.2, 0.25) is 0 Å². The lowest BCUT2D eigenvalue weighted by atomic mass is 10.1. The maximum absolute atomic E-state index is 12.4. The van der Waals surface area contributed by atoms with Gasteiger partial charge in [0.05, 0.1) is 15.6 Å². The normalized spacial score (nSPS) is 14.0. The van der Waals surface area contributed by atoms with Crippen molar-refractivity contribution in [1.82, 2.24) is 0 Å². The average molecular weight is 324 g/mol. The van der Waals surface area contributed by atoms with Crippen molar-refractivity contribution in [1.29, 1.82) is 0 Å². The van der Waals surface area contributed by atoms with Gasteiger partial charge in [0.15, 0.2) is 0 Å². The van der Waals surface area contributed by atoms with E-state index in [2.05, 4.69) is 4.72 Å². The number of aromatic hydroxyl groups is 1. The van der Waals surface area contributed by atoms with E-state index >= 15 is 0 Å². The first-order valence-corrected chi connectivity index (χ1v) is 8.45. The molecule has 2 N–H and O–H groups in total. The molecule has 0 heterocycles. The summed E-state index contributed by atoms with van der Waals surface area (Å²) in [5, 5.41) is 9.45. The predicted molar refractivity (Wildman–Crippen MR) is 82.4 cm³/mol. The van der Waals surface area contributed by atoms with E-state index in [1.807, 2.05) is 6.07 Å². The fourth-order valence-electron chi connectivity index (χ4n) is 2.51. The van der Waals surface area contributed by atoms with E-state index in [0.717, 1.165) is 24.8 Å². The smallest absolute Gasteiger partial charge is 0.261 e. The summed E-state index contributed by atoms with van der Waals surface area (Å²) in [6.45, 7) is 0. The Balaban J connectivity index is 1.93. The third-order valence-electron chi connectivity index (χ3n) is 3.58. The molecule has 0 aliphatic heterocycles. The first-order valence-electron chi connectivity index (χ1n) is 6.59. The zero-order valence-electron chi connectivity index (χ0n) is 11.1. The van der Waals surface area contributed by atoms with Crippen LogP contribution < -0.4 is 4.72 Å². The highest BCUT2D eigenvalue weighted by Crippen LogP contribution is 2.29. The molecular formula is C15H14ClNO3S. The zero-order valence-corrected chi connectivity index (χ0v) is 12.7. The maximum atomic E-state index is 12.4. The van der Waals surface area contributed by atoms with Crippen LogP contribution in [-0.2, 0) is 22.9 Å². The number of sulfonamides is 1. The Morgan fingerprint density at radius 1 is 1.05 bits per heavy atom. The molecule has 1 aliphatic carbocycles. The molecule has 4 nitrogen and oxygen atoms in total. The second kappa shape index (κ2) is 5.24. The number of nitrogens with one attached hydrogen (secondary N) is 1. The van der Waals surface area contributed by atoms with Crippen LogP contribution in [0.15, 0.2) is 41.3 Å². The lowest BCUT2D eigenvalue weighted by molar-refractivity contribution is 0.475. The quantitative estimate of drug-likeness (QED) is 0.851. The fourth-order valence-corrected chi connectivity index (χ4v) is 3.91. The number of hydrogen-bond acceptors (Lipinski definition) is 3. The molecule has 0 radical (unpaired) electrons. The SMILES string of the molecule is O=S(=O)(Nc1ccc(O)cc1Cl)c1ccc2c(c1)CCC2. The van der Waals surface area contributed by atoms with Crippen molar-refractivity contribution < 1.29 is 13.5 Å². The zero-order chi connectivity index (χ0) is 15.0. The molecule has 0 aromatic heterocycles. The minimum atomic E-state index is -3.69. The van der Waals surface area contributed by atoms with Gasteiger partial charge in [-0.15, -0.1) is 0 Å². The first kappa shape index (κ1) is 14.2. The molecule has 0 atom stereocenters. The molecule has 0 amide bonds. The number of aryl methyl sites for hydroxylation is 2. The third-order valence-corrected chi connectivity index (χ3v) is 5.25. The maximum Gasteiger partial charge on any atom is 0.261 e. The van der Waals surface area contributed by atoms with E-state index < -0.39 is 10.0 Å². The Morgan fingerprint density at radius 3 is 2.57 bits per heavy atom. The molecule has 2 aromatic rings. The van der Waals surface area contributed by atoms with Crippen molar-refractivity contribution in [2.24, 2.45) is 0 Å². The first-order chi connectivity index (χ1) is 9.95. The van der Waals surface area contributed by atoms with Crippen LogP contribution in [-0.4, -0.2) is 13.5 Å². The number of phenols is 1. The van der Waals surface area contributed by atoms with Crippen LogP contribution in [0.25, 0.3) is 0 Å². The van der Waals surface area contributed by atoms with E-state index in [9.17, 15) is 13.5 Å². The van der Waals surface area contributed by atoms with Crippen molar-refractivity contribution in [2.75, 3.05) is 4.72 Å². The van der Waals surface area contributed by atoms with Gasteiger partial charge in [-0.3, -0.25) is 4.72 Å². The van der Waals surface area contributed by atoms with Crippen molar-refractivity contribution >= 4 is 27.3 Å². The number of rotatable bonds is 3. The lowest BCUT2D eigenvalue weighted by Crippen LogP contribution is -2.13. The molecule has 3 rings (SSSR count). The van der Waals surface area contributed by atoms with Crippen LogP contribution in [0, 0.1) is 0 Å². The molecule has 0 saturated carbocycles. The van der Waals surface area contributed by atoms with Crippen molar-refractivity contribution in [3.05, 3.63) is 52.5 Å². The Morgan fingerprint density at radius 2 is 1.81 bits per heavy atom. The number of halogens is 1. The summed E-state index contributed by atoms with van der Waals surface area (Å²) in [7, 11) is -3.69. The molecule has 0 unspecified atom stereocenters. The predicted octanol–water partition coefficient (Wildman–Crippen LogP) is 3.34. The minimum Gasteiger partial charge on any atom is -0.508 e. The van der Waals surface area contributed by atoms with Gasteiger partial charge in [-0.25, -0.2) is 8.42 Å². The van der Waals surface area contributed by atoms with Gasteiger partial charge in [-0.1, -0.05) is 17.7 Å². The van der Waals surface area contributed by atoms with Crippen molar-refractivity contribution in [3.8, 4) is 5.75 Å². The highest BCUT2D eigenvalue weighted by molar-refractivity contribution is 7.92. The summed E-state index contributed by atoms with van der Waals surface area (Å²) >= 11 is 5.93. The molecule has 6 heteroatoms. The van der Waals surface area contributed by atoms with E-state index in [0.29, 0.717) is 0 Å². The topological polar surface area (TPSA) is 66.4 Å². The van der Waals surface area contributed by atoms with Crippen molar-refractivity contribution in [2.45, 2.75) is 24.2 Å². The van der Waals surface area contributed by atoms with Gasteiger partial charge >= 0.3 is 0 Å². The van der Waals surface area contributed by atoms with E-state index in [1.165, 1.54) is 23.8 Å². The van der Waals surface area contributed by atoms with Gasteiger partial charge in [0, 0.05) is 6.07 Å². The van der Waals surface area contributed by atoms with E-state index in [-0.39, 0.29) is 21.4 Å². The van der Waals surface area contributed by atoms with E-state index in [1.54, 1.807) is 12.1 Å². The fraction of sp³-hybridized carbons (Fsp3) is 0.200. The summed E-state index contributed by atoms with van der Waals surface area (Å²) in [6, 6.07) is 9.31. The van der Waals surface area contributed by atoms with Crippen LogP contribution in [0.4, 0.5) is 5.69 Å². The lowest BCUT2D eigenvalue weighted by Gasteiger charge is -2.11.